The van der Waals surface area contributed by atoms with Gasteiger partial charge < -0.3 is 5.32 Å². The lowest BCUT2D eigenvalue weighted by Crippen LogP contribution is -2.11. The second-order valence-corrected chi connectivity index (χ2v) is 6.70. The van der Waals surface area contributed by atoms with Crippen LogP contribution in [0.1, 0.15) is 21.5 Å². The Morgan fingerprint density at radius 1 is 0.958 bits per heavy atom. The average Bonchev–Trinajstić information content (AvgIpc) is 2.60. The van der Waals surface area contributed by atoms with Crippen LogP contribution in [0.25, 0.3) is 0 Å². The molecule has 0 saturated heterocycles. The molecule has 0 bridgehead atoms. The summed E-state index contributed by atoms with van der Waals surface area (Å²) in [6, 6.07) is 17.7. The molecule has 0 aliphatic heterocycles. The molecule has 0 aliphatic rings. The Bertz CT molecular complexity index is 845. The Labute approximate surface area is 146 Å². The van der Waals surface area contributed by atoms with Crippen molar-refractivity contribution < 1.29 is 4.79 Å². The SMILES string of the molecule is Cc1ccc(Sc2ccc(NC(=O)c3ccncc3)cc2)c(C)c1. The number of aromatic nitrogens is 1. The van der Waals surface area contributed by atoms with Crippen molar-refractivity contribution in [2.24, 2.45) is 0 Å². The van der Waals surface area contributed by atoms with Crippen LogP contribution in [-0.2, 0) is 0 Å². The molecule has 0 fully saturated rings. The third kappa shape index (κ3) is 4.03. The van der Waals surface area contributed by atoms with E-state index >= 15 is 0 Å². The fraction of sp³-hybridized carbons (Fsp3) is 0.100. The molecule has 1 amide bonds. The Balaban J connectivity index is 1.68. The van der Waals surface area contributed by atoms with E-state index in [-0.39, 0.29) is 5.91 Å². The van der Waals surface area contributed by atoms with Gasteiger partial charge in [0.25, 0.3) is 5.91 Å². The number of pyridine rings is 1. The molecule has 0 saturated carbocycles. The summed E-state index contributed by atoms with van der Waals surface area (Å²) in [5.41, 5.74) is 3.92. The van der Waals surface area contributed by atoms with E-state index in [4.69, 9.17) is 0 Å². The molecule has 0 atom stereocenters. The molecule has 1 aromatic heterocycles. The molecular weight excluding hydrogens is 316 g/mol. The summed E-state index contributed by atoms with van der Waals surface area (Å²) in [5, 5.41) is 2.89. The highest BCUT2D eigenvalue weighted by Gasteiger charge is 2.06. The van der Waals surface area contributed by atoms with Crippen LogP contribution in [0.4, 0.5) is 5.69 Å². The number of carbonyl (C=O) groups is 1. The molecule has 3 aromatic rings. The molecule has 1 N–H and O–H groups in total. The number of benzene rings is 2. The number of hydrogen-bond donors (Lipinski definition) is 1. The lowest BCUT2D eigenvalue weighted by molar-refractivity contribution is 0.102. The minimum absolute atomic E-state index is 0.132. The summed E-state index contributed by atoms with van der Waals surface area (Å²) < 4.78 is 0. The molecule has 3 rings (SSSR count). The Kier molecular flexibility index (Phi) is 4.96. The minimum atomic E-state index is -0.132. The Morgan fingerprint density at radius 3 is 2.33 bits per heavy atom. The number of rotatable bonds is 4. The van der Waals surface area contributed by atoms with Gasteiger partial charge in [-0.3, -0.25) is 9.78 Å². The fourth-order valence-electron chi connectivity index (χ4n) is 2.35. The molecule has 1 heterocycles. The number of carbonyl (C=O) groups excluding carboxylic acids is 1. The lowest BCUT2D eigenvalue weighted by Gasteiger charge is -2.08. The van der Waals surface area contributed by atoms with Crippen molar-refractivity contribution in [2.75, 3.05) is 5.32 Å². The number of anilines is 1. The van der Waals surface area contributed by atoms with Crippen molar-refractivity contribution in [2.45, 2.75) is 23.6 Å². The molecule has 2 aromatic carbocycles. The third-order valence-corrected chi connectivity index (χ3v) is 4.80. The van der Waals surface area contributed by atoms with E-state index in [1.165, 1.54) is 16.0 Å². The fourth-order valence-corrected chi connectivity index (χ4v) is 3.24. The van der Waals surface area contributed by atoms with Crippen LogP contribution >= 0.6 is 11.8 Å². The number of nitrogens with zero attached hydrogens (tertiary/aromatic N) is 1. The second kappa shape index (κ2) is 7.32. The summed E-state index contributed by atoms with van der Waals surface area (Å²) in [4.78, 5) is 18.4. The van der Waals surface area contributed by atoms with Gasteiger partial charge in [0.1, 0.15) is 0 Å². The molecule has 120 valence electrons. The van der Waals surface area contributed by atoms with Crippen LogP contribution in [0.2, 0.25) is 0 Å². The van der Waals surface area contributed by atoms with Gasteiger partial charge >= 0.3 is 0 Å². The van der Waals surface area contributed by atoms with Crippen molar-refractivity contribution in [1.82, 2.24) is 4.98 Å². The predicted molar refractivity (Wildman–Crippen MR) is 98.7 cm³/mol. The highest BCUT2D eigenvalue weighted by molar-refractivity contribution is 7.99. The number of aryl methyl sites for hydroxylation is 2. The summed E-state index contributed by atoms with van der Waals surface area (Å²) in [7, 11) is 0. The molecule has 0 spiro atoms. The van der Waals surface area contributed by atoms with Gasteiger partial charge in [-0.1, -0.05) is 29.5 Å². The van der Waals surface area contributed by atoms with Crippen molar-refractivity contribution in [1.29, 1.82) is 0 Å². The van der Waals surface area contributed by atoms with E-state index in [1.807, 2.05) is 24.3 Å². The number of amides is 1. The maximum atomic E-state index is 12.1. The first-order valence-electron chi connectivity index (χ1n) is 7.68. The van der Waals surface area contributed by atoms with Crippen LogP contribution in [0.3, 0.4) is 0 Å². The molecule has 0 unspecified atom stereocenters. The zero-order valence-corrected chi connectivity index (χ0v) is 14.4. The normalized spacial score (nSPS) is 10.4. The number of nitrogens with one attached hydrogen (secondary N) is 1. The van der Waals surface area contributed by atoms with Crippen molar-refractivity contribution >= 4 is 23.4 Å². The van der Waals surface area contributed by atoms with Gasteiger partial charge in [-0.25, -0.2) is 0 Å². The number of hydrogen-bond acceptors (Lipinski definition) is 3. The average molecular weight is 334 g/mol. The maximum Gasteiger partial charge on any atom is 0.255 e. The Hall–Kier alpha value is -2.59. The van der Waals surface area contributed by atoms with Crippen LogP contribution in [0.15, 0.2) is 76.8 Å². The summed E-state index contributed by atoms with van der Waals surface area (Å²) in [6.07, 6.45) is 3.22. The third-order valence-electron chi connectivity index (χ3n) is 3.61. The zero-order chi connectivity index (χ0) is 16.9. The molecule has 4 heteroatoms. The van der Waals surface area contributed by atoms with E-state index < -0.39 is 0 Å². The van der Waals surface area contributed by atoms with E-state index in [2.05, 4.69) is 42.3 Å². The van der Waals surface area contributed by atoms with Gasteiger partial charge in [-0.05, 0) is 61.9 Å². The van der Waals surface area contributed by atoms with Gasteiger partial charge in [0.05, 0.1) is 0 Å². The first kappa shape index (κ1) is 16.3. The molecule has 0 radical (unpaired) electrons. The van der Waals surface area contributed by atoms with E-state index in [0.717, 1.165) is 10.6 Å². The van der Waals surface area contributed by atoms with E-state index in [1.54, 1.807) is 36.3 Å². The van der Waals surface area contributed by atoms with E-state index in [0.29, 0.717) is 5.56 Å². The minimum Gasteiger partial charge on any atom is -0.322 e. The van der Waals surface area contributed by atoms with Gasteiger partial charge in [-0.15, -0.1) is 0 Å². The smallest absolute Gasteiger partial charge is 0.255 e. The highest BCUT2D eigenvalue weighted by atomic mass is 32.2. The highest BCUT2D eigenvalue weighted by Crippen LogP contribution is 2.31. The molecule has 0 aliphatic carbocycles. The zero-order valence-electron chi connectivity index (χ0n) is 13.6. The van der Waals surface area contributed by atoms with Crippen LogP contribution in [-0.4, -0.2) is 10.9 Å². The van der Waals surface area contributed by atoms with Crippen molar-refractivity contribution in [3.8, 4) is 0 Å². The van der Waals surface area contributed by atoms with Gasteiger partial charge in [-0.2, -0.15) is 0 Å². The monoisotopic (exact) mass is 334 g/mol. The quantitative estimate of drug-likeness (QED) is 0.721. The molecule has 24 heavy (non-hydrogen) atoms. The van der Waals surface area contributed by atoms with Crippen LogP contribution < -0.4 is 5.32 Å². The molecule has 3 nitrogen and oxygen atoms in total. The van der Waals surface area contributed by atoms with Gasteiger partial charge in [0.15, 0.2) is 0 Å². The van der Waals surface area contributed by atoms with Gasteiger partial charge in [0.2, 0.25) is 0 Å². The summed E-state index contributed by atoms with van der Waals surface area (Å²) >= 11 is 1.73. The standard InChI is InChI=1S/C20H18N2OS/c1-14-3-8-19(15(2)13-14)24-18-6-4-17(5-7-18)22-20(23)16-9-11-21-12-10-16/h3-13H,1-2H3,(H,22,23). The second-order valence-electron chi connectivity index (χ2n) is 5.59. The summed E-state index contributed by atoms with van der Waals surface area (Å²) in [6.45, 7) is 4.22. The predicted octanol–water partition coefficient (Wildman–Crippen LogP) is 5.10. The Morgan fingerprint density at radius 2 is 1.67 bits per heavy atom. The summed E-state index contributed by atoms with van der Waals surface area (Å²) in [5.74, 6) is -0.132. The maximum absolute atomic E-state index is 12.1. The largest absolute Gasteiger partial charge is 0.322 e. The first-order valence-corrected chi connectivity index (χ1v) is 8.50. The van der Waals surface area contributed by atoms with E-state index in [9.17, 15) is 4.79 Å². The lowest BCUT2D eigenvalue weighted by atomic mass is 10.2. The first-order chi connectivity index (χ1) is 11.6. The molecular formula is C20H18N2OS. The van der Waals surface area contributed by atoms with Crippen LogP contribution in [0, 0.1) is 13.8 Å². The van der Waals surface area contributed by atoms with Crippen molar-refractivity contribution in [3.63, 3.8) is 0 Å². The van der Waals surface area contributed by atoms with Crippen molar-refractivity contribution in [3.05, 3.63) is 83.7 Å². The van der Waals surface area contributed by atoms with Gasteiger partial charge in [0, 0.05) is 33.4 Å². The topological polar surface area (TPSA) is 42.0 Å². The van der Waals surface area contributed by atoms with Crippen LogP contribution in [0.5, 0.6) is 0 Å².